The van der Waals surface area contributed by atoms with Gasteiger partial charge in [0.05, 0.1) is 62.0 Å². The first kappa shape index (κ1) is 36.8. The van der Waals surface area contributed by atoms with E-state index in [1.807, 2.05) is 55.7 Å². The molecule has 0 aliphatic carbocycles. The molecule has 2 radical (unpaired) electrons. The van der Waals surface area contributed by atoms with Crippen LogP contribution in [0.25, 0.3) is 0 Å². The molecule has 3 atom stereocenters. The number of aliphatic imine (C=N–C) groups is 1. The molecule has 4 aliphatic rings. The van der Waals surface area contributed by atoms with Crippen LogP contribution in [0.2, 0.25) is 0 Å². The second-order valence-corrected chi connectivity index (χ2v) is 16.8. The van der Waals surface area contributed by atoms with Gasteiger partial charge in [0, 0.05) is 37.6 Å². The minimum absolute atomic E-state index is 0.00142. The van der Waals surface area contributed by atoms with Crippen molar-refractivity contribution in [2.24, 2.45) is 15.8 Å². The Morgan fingerprint density at radius 3 is 2.18 bits per heavy atom. The summed E-state index contributed by atoms with van der Waals surface area (Å²) in [5.74, 6) is 2.21. The summed E-state index contributed by atoms with van der Waals surface area (Å²) in [7, 11) is 5.26. The number of rotatable bonds is 12. The highest BCUT2D eigenvalue weighted by Crippen LogP contribution is 2.43. The summed E-state index contributed by atoms with van der Waals surface area (Å²) < 4.78 is 25.3. The van der Waals surface area contributed by atoms with E-state index in [9.17, 15) is 9.59 Å². The third kappa shape index (κ3) is 7.52. The summed E-state index contributed by atoms with van der Waals surface area (Å²) >= 11 is 2.76. The van der Waals surface area contributed by atoms with Crippen molar-refractivity contribution in [3.63, 3.8) is 0 Å². The van der Waals surface area contributed by atoms with Crippen LogP contribution in [0.4, 0.5) is 11.4 Å². The fourth-order valence-electron chi connectivity index (χ4n) is 7.32. The Bertz CT molecular complexity index is 1800. The van der Waals surface area contributed by atoms with Gasteiger partial charge < -0.3 is 33.6 Å². The van der Waals surface area contributed by atoms with E-state index in [2.05, 4.69) is 60.8 Å². The van der Waals surface area contributed by atoms with Crippen LogP contribution in [0, 0.1) is 10.8 Å². The van der Waals surface area contributed by atoms with Gasteiger partial charge in [0.25, 0.3) is 11.8 Å². The molecule has 0 aromatic heterocycles. The molecule has 270 valence electrons. The van der Waals surface area contributed by atoms with E-state index in [-0.39, 0.29) is 40.8 Å². The third-order valence-electron chi connectivity index (χ3n) is 10.9. The van der Waals surface area contributed by atoms with Crippen LogP contribution >= 0.6 is 0 Å². The van der Waals surface area contributed by atoms with Crippen molar-refractivity contribution < 1.29 is 28.5 Å². The summed E-state index contributed by atoms with van der Waals surface area (Å²) in [6, 6.07) is 7.51. The van der Waals surface area contributed by atoms with Gasteiger partial charge in [-0.1, -0.05) is 33.3 Å². The highest BCUT2D eigenvalue weighted by Gasteiger charge is 2.39. The summed E-state index contributed by atoms with van der Waals surface area (Å²) in [6.45, 7) is 14.1. The molecule has 11 heteroatoms. The van der Waals surface area contributed by atoms with Gasteiger partial charge >= 0.3 is 0 Å². The highest BCUT2D eigenvalue weighted by atomic mass is 27.0. The number of carbonyl (C=O) groups excluding carboxylic acids is 2. The third-order valence-corrected chi connectivity index (χ3v) is 11.3. The normalized spacial score (nSPS) is 21.3. The SMILES string of the molecule is COc1cc2c(cc1OCCC(C)(C)CCC(C)(C)COc1cc3c(cc1OC)C(=O)N1C=C(C)CC1C=N3)N(C)C(C)[C@@H]1C[C]([Al])=CN1C2=O. The van der Waals surface area contributed by atoms with Crippen molar-refractivity contribution in [2.75, 3.05) is 39.4 Å². The first-order valence-electron chi connectivity index (χ1n) is 17.9. The van der Waals surface area contributed by atoms with Gasteiger partial charge in [-0.3, -0.25) is 14.6 Å². The number of anilines is 1. The molecule has 2 aromatic rings. The van der Waals surface area contributed by atoms with Crippen molar-refractivity contribution in [1.29, 1.82) is 0 Å². The molecular weight excluding hydrogens is 659 g/mol. The van der Waals surface area contributed by atoms with E-state index in [0.717, 1.165) is 47.8 Å². The molecule has 4 heterocycles. The monoisotopic (exact) mass is 710 g/mol. The summed E-state index contributed by atoms with van der Waals surface area (Å²) in [5.41, 5.74) is 3.62. The Morgan fingerprint density at radius 1 is 0.824 bits per heavy atom. The average Bonchev–Trinajstić information content (AvgIpc) is 3.64. The van der Waals surface area contributed by atoms with Gasteiger partial charge in [-0.25, -0.2) is 0 Å². The molecule has 2 amide bonds. The zero-order valence-corrected chi connectivity index (χ0v) is 32.7. The molecule has 0 bridgehead atoms. The maximum Gasteiger partial charge on any atom is 0.260 e. The molecule has 0 saturated carbocycles. The lowest BCUT2D eigenvalue weighted by Crippen LogP contribution is -2.44. The van der Waals surface area contributed by atoms with E-state index in [0.29, 0.717) is 53.0 Å². The summed E-state index contributed by atoms with van der Waals surface area (Å²) in [6.07, 6.45) is 10.1. The lowest BCUT2D eigenvalue weighted by molar-refractivity contribution is 0.0779. The minimum atomic E-state index is -0.130. The molecule has 0 fully saturated rings. The van der Waals surface area contributed by atoms with E-state index in [1.54, 1.807) is 25.2 Å². The van der Waals surface area contributed by atoms with Gasteiger partial charge in [0.15, 0.2) is 39.3 Å². The van der Waals surface area contributed by atoms with E-state index in [1.165, 1.54) is 0 Å². The molecule has 2 unspecified atom stereocenters. The lowest BCUT2D eigenvalue weighted by atomic mass is 9.78. The number of amides is 2. The van der Waals surface area contributed by atoms with Crippen LogP contribution < -0.4 is 23.8 Å². The van der Waals surface area contributed by atoms with Crippen LogP contribution in [0.1, 0.15) is 94.4 Å². The average molecular weight is 711 g/mol. The van der Waals surface area contributed by atoms with Crippen molar-refractivity contribution >= 4 is 45.7 Å². The Balaban J connectivity index is 1.06. The van der Waals surface area contributed by atoms with Crippen molar-refractivity contribution in [2.45, 2.75) is 91.8 Å². The van der Waals surface area contributed by atoms with Crippen LogP contribution in [0.3, 0.4) is 0 Å². The van der Waals surface area contributed by atoms with Gasteiger partial charge in [0.1, 0.15) is 0 Å². The number of fused-ring (bicyclic) bond motifs is 4. The second-order valence-electron chi connectivity index (χ2n) is 16.0. The Hall–Kier alpha value is -3.94. The molecule has 10 nitrogen and oxygen atoms in total. The largest absolute Gasteiger partial charge is 0.493 e. The first-order chi connectivity index (χ1) is 24.1. The number of nitrogens with zero attached hydrogens (tertiary/aromatic N) is 4. The molecule has 51 heavy (non-hydrogen) atoms. The van der Waals surface area contributed by atoms with Crippen LogP contribution in [-0.2, 0) is 0 Å². The molecule has 0 spiro atoms. The molecule has 0 saturated heterocycles. The lowest BCUT2D eigenvalue weighted by Gasteiger charge is -2.32. The van der Waals surface area contributed by atoms with Gasteiger partial charge in [-0.15, -0.1) is 4.44 Å². The second kappa shape index (κ2) is 14.2. The number of hydrogen-bond acceptors (Lipinski definition) is 8. The van der Waals surface area contributed by atoms with Crippen LogP contribution in [0.15, 0.2) is 51.7 Å². The number of carbonyl (C=O) groups is 2. The topological polar surface area (TPSA) is 93.1 Å². The molecular formula is C40H51AlN4O6. The summed E-state index contributed by atoms with van der Waals surface area (Å²) in [5, 5.41) is 0. The molecule has 2 aromatic carbocycles. The maximum atomic E-state index is 13.6. The van der Waals surface area contributed by atoms with Crippen molar-refractivity contribution in [3.8, 4) is 23.0 Å². The van der Waals surface area contributed by atoms with Gasteiger partial charge in [0.2, 0.25) is 0 Å². The van der Waals surface area contributed by atoms with Gasteiger partial charge in [-0.05, 0) is 75.1 Å². The van der Waals surface area contributed by atoms with Crippen LogP contribution in [0.5, 0.6) is 23.0 Å². The number of hydrogen-bond donors (Lipinski definition) is 0. The first-order valence-corrected chi connectivity index (χ1v) is 18.4. The molecule has 0 N–H and O–H groups in total. The summed E-state index contributed by atoms with van der Waals surface area (Å²) in [4.78, 5) is 37.5. The quantitative estimate of drug-likeness (QED) is 0.214. The Labute approximate surface area is 310 Å². The predicted octanol–water partition coefficient (Wildman–Crippen LogP) is 7.28. The van der Waals surface area contributed by atoms with Crippen molar-refractivity contribution in [1.82, 2.24) is 9.80 Å². The Morgan fingerprint density at radius 2 is 1.47 bits per heavy atom. The maximum absolute atomic E-state index is 13.6. The number of likely N-dealkylation sites (N-methyl/N-ethyl adjacent to an activating group) is 1. The molecule has 4 aliphatic heterocycles. The van der Waals surface area contributed by atoms with E-state index in [4.69, 9.17) is 18.9 Å². The van der Waals surface area contributed by atoms with Crippen molar-refractivity contribution in [3.05, 3.63) is 57.8 Å². The number of benzene rings is 2. The Kier molecular flexibility index (Phi) is 10.3. The number of ether oxygens (including phenoxy) is 4. The van der Waals surface area contributed by atoms with Crippen LogP contribution in [-0.4, -0.2) is 96.7 Å². The zero-order chi connectivity index (χ0) is 36.8. The number of methoxy groups -OCH3 is 2. The zero-order valence-electron chi connectivity index (χ0n) is 31.5. The molecule has 6 rings (SSSR count). The smallest absolute Gasteiger partial charge is 0.260 e. The fraction of sp³-hybridized carbons (Fsp3) is 0.525. The highest BCUT2D eigenvalue weighted by molar-refractivity contribution is 6.22. The van der Waals surface area contributed by atoms with E-state index < -0.39 is 0 Å². The van der Waals surface area contributed by atoms with Gasteiger partial charge in [-0.2, -0.15) is 0 Å². The fourth-order valence-corrected chi connectivity index (χ4v) is 7.72. The predicted molar refractivity (Wildman–Crippen MR) is 201 cm³/mol. The van der Waals surface area contributed by atoms with E-state index >= 15 is 0 Å². The standard InChI is InChI=1S/C40H51N4O6.Al/c1-25-17-27-22-41-30-20-35(33(47-8)18-28(30)37(45)44(27)23-25)50-24-40(5,6)13-12-39(3,4)14-16-49-36-21-32-29(19-34(36)48-9)38(46)43-15-10-11-31(43)26(2)42(32)7;/h15,18-23,26-27,31H,11-14,16-17,24H2,1-9H3;/t26?,27?,31-;/m0./s1. The minimum Gasteiger partial charge on any atom is -0.493 e.